The average Bonchev–Trinajstić information content (AvgIpc) is 2.53. The van der Waals surface area contributed by atoms with Gasteiger partial charge < -0.3 is 20.7 Å². The third kappa shape index (κ3) is 5.55. The second-order valence-electron chi connectivity index (χ2n) is 5.24. The Morgan fingerprint density at radius 3 is 2.42 bits per heavy atom. The molecule has 0 saturated carbocycles. The van der Waals surface area contributed by atoms with Crippen LogP contribution in [0.5, 0.6) is 5.75 Å². The molecular weight excluding hydrogens is 422 g/mol. The van der Waals surface area contributed by atoms with Crippen LogP contribution in [0.3, 0.4) is 0 Å². The van der Waals surface area contributed by atoms with E-state index < -0.39 is 0 Å². The van der Waals surface area contributed by atoms with Gasteiger partial charge in [-0.25, -0.2) is 9.38 Å². The maximum atomic E-state index is 13.9. The number of nitrogens with two attached hydrogens (primary N) is 1. The van der Waals surface area contributed by atoms with Crippen LogP contribution in [-0.4, -0.2) is 27.2 Å². The Hall–Kier alpha value is -2.03. The molecule has 24 heavy (non-hydrogen) atoms. The fourth-order valence-electron chi connectivity index (χ4n) is 2.05. The smallest absolute Gasteiger partial charge is 0.193 e. The summed E-state index contributed by atoms with van der Waals surface area (Å²) in [4.78, 5) is 5.94. The Morgan fingerprint density at radius 2 is 1.88 bits per heavy atom. The molecule has 7 heteroatoms. The van der Waals surface area contributed by atoms with Gasteiger partial charge in [-0.3, -0.25) is 0 Å². The number of nitrogens with one attached hydrogen (secondary N) is 1. The van der Waals surface area contributed by atoms with Gasteiger partial charge in [-0.2, -0.15) is 0 Å². The Bertz CT molecular complexity index is 689. The second-order valence-corrected chi connectivity index (χ2v) is 5.24. The minimum Gasteiger partial charge on any atom is -0.497 e. The Labute approximate surface area is 158 Å². The number of hydrogen-bond donors (Lipinski definition) is 2. The molecule has 0 saturated heterocycles. The van der Waals surface area contributed by atoms with Crippen LogP contribution >= 0.6 is 24.0 Å². The molecule has 0 aliphatic heterocycles. The van der Waals surface area contributed by atoms with Gasteiger partial charge in [0.25, 0.3) is 0 Å². The minimum atomic E-state index is -0.274. The first-order valence-corrected chi connectivity index (χ1v) is 7.16. The third-order valence-electron chi connectivity index (χ3n) is 3.29. The summed E-state index contributed by atoms with van der Waals surface area (Å²) in [5.74, 6) is 0.763. The lowest BCUT2D eigenvalue weighted by Crippen LogP contribution is -2.22. The van der Waals surface area contributed by atoms with Crippen molar-refractivity contribution in [2.45, 2.75) is 6.54 Å². The fourth-order valence-corrected chi connectivity index (χ4v) is 2.05. The number of guanidine groups is 1. The first-order chi connectivity index (χ1) is 11.0. The van der Waals surface area contributed by atoms with Crippen LogP contribution in [0.4, 0.5) is 15.8 Å². The van der Waals surface area contributed by atoms with Gasteiger partial charge in [0.05, 0.1) is 19.3 Å². The lowest BCUT2D eigenvalue weighted by atomic mass is 10.2. The molecule has 0 aliphatic carbocycles. The molecule has 0 bridgehead atoms. The van der Waals surface area contributed by atoms with E-state index in [1.54, 1.807) is 32.2 Å². The lowest BCUT2D eigenvalue weighted by molar-refractivity contribution is 0.415. The highest BCUT2D eigenvalue weighted by Gasteiger charge is 2.05. The summed E-state index contributed by atoms with van der Waals surface area (Å²) in [6.07, 6.45) is 0. The van der Waals surface area contributed by atoms with Crippen molar-refractivity contribution >= 4 is 41.3 Å². The van der Waals surface area contributed by atoms with E-state index in [9.17, 15) is 4.39 Å². The van der Waals surface area contributed by atoms with Gasteiger partial charge in [0.1, 0.15) is 11.6 Å². The summed E-state index contributed by atoms with van der Waals surface area (Å²) in [5, 5.41) is 2.98. The molecule has 2 rings (SSSR count). The van der Waals surface area contributed by atoms with E-state index in [1.165, 1.54) is 6.07 Å². The first kappa shape index (κ1) is 20.0. The Morgan fingerprint density at radius 1 is 1.21 bits per heavy atom. The molecule has 2 aromatic rings. The average molecular weight is 444 g/mol. The van der Waals surface area contributed by atoms with E-state index >= 15 is 0 Å². The fraction of sp³-hybridized carbons (Fsp3) is 0.235. The molecule has 0 unspecified atom stereocenters. The van der Waals surface area contributed by atoms with Gasteiger partial charge in [0.2, 0.25) is 0 Å². The molecule has 2 aromatic carbocycles. The summed E-state index contributed by atoms with van der Waals surface area (Å²) >= 11 is 0. The number of aliphatic imine (C=N–C) groups is 1. The molecule has 0 amide bonds. The number of rotatable bonds is 5. The normalized spacial score (nSPS) is 10.8. The molecule has 0 spiro atoms. The van der Waals surface area contributed by atoms with Crippen LogP contribution in [0.15, 0.2) is 47.5 Å². The van der Waals surface area contributed by atoms with E-state index in [4.69, 9.17) is 10.5 Å². The number of anilines is 2. The number of methoxy groups -OCH3 is 1. The number of benzene rings is 2. The van der Waals surface area contributed by atoms with Crippen LogP contribution in [0.25, 0.3) is 0 Å². The van der Waals surface area contributed by atoms with Crippen molar-refractivity contribution < 1.29 is 9.13 Å². The predicted molar refractivity (Wildman–Crippen MR) is 108 cm³/mol. The number of nitrogens with zero attached hydrogens (tertiary/aromatic N) is 2. The summed E-state index contributed by atoms with van der Waals surface area (Å²) in [6.45, 7) is 0.305. The molecule has 0 radical (unpaired) electrons. The summed E-state index contributed by atoms with van der Waals surface area (Å²) in [7, 11) is 5.21. The quantitative estimate of drug-likeness (QED) is 0.422. The number of ether oxygens (including phenoxy) is 1. The van der Waals surface area contributed by atoms with E-state index in [0.29, 0.717) is 12.2 Å². The zero-order chi connectivity index (χ0) is 16.8. The van der Waals surface area contributed by atoms with Gasteiger partial charge in [0, 0.05) is 19.8 Å². The first-order valence-electron chi connectivity index (χ1n) is 7.16. The Balaban J connectivity index is 0.00000288. The SMILES string of the molecule is COc1ccc(NC(N)=NCc2ccc(N(C)C)c(F)c2)cc1.I. The van der Waals surface area contributed by atoms with E-state index in [2.05, 4.69) is 10.3 Å². The maximum Gasteiger partial charge on any atom is 0.193 e. The molecule has 0 heterocycles. The van der Waals surface area contributed by atoms with Crippen molar-refractivity contribution in [1.29, 1.82) is 0 Å². The molecular formula is C17H22FIN4O. The standard InChI is InChI=1S/C17H21FN4O.HI/c1-22(2)16-9-4-12(10-15(16)18)11-20-17(19)21-13-5-7-14(23-3)8-6-13;/h4-10H,11H2,1-3H3,(H3,19,20,21);1H. The van der Waals surface area contributed by atoms with Gasteiger partial charge in [0.15, 0.2) is 5.96 Å². The molecule has 3 N–H and O–H groups in total. The van der Waals surface area contributed by atoms with Crippen molar-refractivity contribution in [3.05, 3.63) is 53.8 Å². The molecule has 0 atom stereocenters. The predicted octanol–water partition coefficient (Wildman–Crippen LogP) is 3.45. The van der Waals surface area contributed by atoms with E-state index in [-0.39, 0.29) is 35.8 Å². The summed E-state index contributed by atoms with van der Waals surface area (Å²) < 4.78 is 19.0. The second kappa shape index (κ2) is 9.31. The zero-order valence-electron chi connectivity index (χ0n) is 13.9. The van der Waals surface area contributed by atoms with Crippen LogP contribution in [-0.2, 0) is 6.54 Å². The van der Waals surface area contributed by atoms with Crippen LogP contribution in [0.1, 0.15) is 5.56 Å². The zero-order valence-corrected chi connectivity index (χ0v) is 16.2. The lowest BCUT2D eigenvalue weighted by Gasteiger charge is -2.13. The molecule has 0 aromatic heterocycles. The van der Waals surface area contributed by atoms with Crippen molar-refractivity contribution in [2.75, 3.05) is 31.4 Å². The third-order valence-corrected chi connectivity index (χ3v) is 3.29. The number of halogens is 2. The van der Waals surface area contributed by atoms with Gasteiger partial charge in [-0.15, -0.1) is 24.0 Å². The highest BCUT2D eigenvalue weighted by molar-refractivity contribution is 14.0. The van der Waals surface area contributed by atoms with Crippen LogP contribution in [0, 0.1) is 5.82 Å². The summed E-state index contributed by atoms with van der Waals surface area (Å²) in [6, 6.07) is 12.4. The summed E-state index contributed by atoms with van der Waals surface area (Å²) in [5.41, 5.74) is 7.95. The molecule has 0 aliphatic rings. The van der Waals surface area contributed by atoms with Crippen LogP contribution in [0.2, 0.25) is 0 Å². The van der Waals surface area contributed by atoms with E-state index in [1.807, 2.05) is 30.3 Å². The highest BCUT2D eigenvalue weighted by atomic mass is 127. The molecule has 5 nitrogen and oxygen atoms in total. The van der Waals surface area contributed by atoms with Crippen molar-refractivity contribution in [3.8, 4) is 5.75 Å². The van der Waals surface area contributed by atoms with Crippen molar-refractivity contribution in [1.82, 2.24) is 0 Å². The topological polar surface area (TPSA) is 62.9 Å². The van der Waals surface area contributed by atoms with Crippen molar-refractivity contribution in [2.24, 2.45) is 10.7 Å². The molecule has 130 valence electrons. The van der Waals surface area contributed by atoms with Crippen molar-refractivity contribution in [3.63, 3.8) is 0 Å². The van der Waals surface area contributed by atoms with Gasteiger partial charge >= 0.3 is 0 Å². The highest BCUT2D eigenvalue weighted by Crippen LogP contribution is 2.19. The van der Waals surface area contributed by atoms with Gasteiger partial charge in [-0.1, -0.05) is 6.07 Å². The number of hydrogen-bond acceptors (Lipinski definition) is 3. The van der Waals surface area contributed by atoms with E-state index in [0.717, 1.165) is 17.0 Å². The monoisotopic (exact) mass is 444 g/mol. The minimum absolute atomic E-state index is 0. The Kier molecular flexibility index (Phi) is 7.76. The largest absolute Gasteiger partial charge is 0.497 e. The maximum absolute atomic E-state index is 13.9. The molecule has 0 fully saturated rings. The van der Waals surface area contributed by atoms with Crippen LogP contribution < -0.4 is 20.7 Å². The van der Waals surface area contributed by atoms with Gasteiger partial charge in [-0.05, 0) is 42.0 Å².